The summed E-state index contributed by atoms with van der Waals surface area (Å²) < 4.78 is 5.59. The molecule has 0 spiro atoms. The van der Waals surface area contributed by atoms with Crippen LogP contribution in [0.15, 0.2) is 28.7 Å². The fourth-order valence-corrected chi connectivity index (χ4v) is 1.90. The maximum absolute atomic E-state index is 11.7. The van der Waals surface area contributed by atoms with Gasteiger partial charge in [-0.3, -0.25) is 4.79 Å². The minimum Gasteiger partial charge on any atom is -0.421 e. The van der Waals surface area contributed by atoms with Crippen LogP contribution in [-0.2, 0) is 11.2 Å². The molecule has 0 saturated carbocycles. The van der Waals surface area contributed by atoms with E-state index in [1.165, 1.54) is 5.56 Å². The Morgan fingerprint density at radius 1 is 1.23 bits per heavy atom. The molecule has 1 amide bonds. The molecule has 0 aliphatic rings. The summed E-state index contributed by atoms with van der Waals surface area (Å²) in [5.41, 5.74) is 2.07. The van der Waals surface area contributed by atoms with Crippen LogP contribution < -0.4 is 5.32 Å². The molecule has 6 nitrogen and oxygen atoms in total. The van der Waals surface area contributed by atoms with E-state index in [2.05, 4.69) is 15.5 Å². The summed E-state index contributed by atoms with van der Waals surface area (Å²) in [6.07, 6.45) is 0.801. The van der Waals surface area contributed by atoms with E-state index >= 15 is 0 Å². The lowest BCUT2D eigenvalue weighted by Crippen LogP contribution is -2.31. The third kappa shape index (κ3) is 4.96. The Labute approximate surface area is 130 Å². The molecule has 1 aromatic carbocycles. The number of aromatic nitrogens is 2. The monoisotopic (exact) mass is 302 g/mol. The van der Waals surface area contributed by atoms with E-state index < -0.39 is 0 Å². The fraction of sp³-hybridized carbons (Fsp3) is 0.438. The number of hydrogen-bond acceptors (Lipinski definition) is 5. The van der Waals surface area contributed by atoms with Crippen molar-refractivity contribution in [1.29, 1.82) is 0 Å². The van der Waals surface area contributed by atoms with E-state index in [9.17, 15) is 4.79 Å². The first kappa shape index (κ1) is 16.2. The topological polar surface area (TPSA) is 71.3 Å². The predicted octanol–water partition coefficient (Wildman–Crippen LogP) is 1.66. The molecular weight excluding hydrogens is 280 g/mol. The third-order valence-electron chi connectivity index (χ3n) is 3.21. The minimum absolute atomic E-state index is 0.00284. The van der Waals surface area contributed by atoms with Gasteiger partial charge in [0.25, 0.3) is 0 Å². The summed E-state index contributed by atoms with van der Waals surface area (Å²) in [6.45, 7) is 3.49. The Morgan fingerprint density at radius 2 is 1.95 bits per heavy atom. The first-order valence-electron chi connectivity index (χ1n) is 7.35. The third-order valence-corrected chi connectivity index (χ3v) is 3.21. The summed E-state index contributed by atoms with van der Waals surface area (Å²) in [5.74, 6) is 0.971. The lowest BCUT2D eigenvalue weighted by molar-refractivity contribution is -0.121. The van der Waals surface area contributed by atoms with Crippen LogP contribution in [0, 0.1) is 6.92 Å². The molecule has 22 heavy (non-hydrogen) atoms. The quantitative estimate of drug-likeness (QED) is 0.842. The molecule has 0 atom stereocenters. The standard InChI is InChI=1S/C16H22N4O2/c1-12-4-6-13(7-5-12)16-19-18-15(22-16)9-8-14(21)17-10-11-20(2)3/h4-7H,8-11H2,1-3H3,(H,17,21). The maximum atomic E-state index is 11.7. The van der Waals surface area contributed by atoms with E-state index in [0.29, 0.717) is 31.2 Å². The summed E-state index contributed by atoms with van der Waals surface area (Å²) in [7, 11) is 3.94. The lowest BCUT2D eigenvalue weighted by Gasteiger charge is -2.09. The predicted molar refractivity (Wildman–Crippen MR) is 84.4 cm³/mol. The number of amides is 1. The van der Waals surface area contributed by atoms with Crippen molar-refractivity contribution >= 4 is 5.91 Å². The van der Waals surface area contributed by atoms with Crippen molar-refractivity contribution in [2.45, 2.75) is 19.8 Å². The molecule has 0 fully saturated rings. The average Bonchev–Trinajstić information content (AvgIpc) is 2.94. The van der Waals surface area contributed by atoms with Crippen LogP contribution in [0.3, 0.4) is 0 Å². The summed E-state index contributed by atoms with van der Waals surface area (Å²) in [6, 6.07) is 7.88. The Kier molecular flexibility index (Phi) is 5.66. The first-order chi connectivity index (χ1) is 10.5. The van der Waals surface area contributed by atoms with Gasteiger partial charge in [-0.1, -0.05) is 17.7 Å². The van der Waals surface area contributed by atoms with Crippen molar-refractivity contribution in [2.24, 2.45) is 0 Å². The van der Waals surface area contributed by atoms with Gasteiger partial charge in [-0.15, -0.1) is 10.2 Å². The Hall–Kier alpha value is -2.21. The van der Waals surface area contributed by atoms with Crippen molar-refractivity contribution in [3.8, 4) is 11.5 Å². The van der Waals surface area contributed by atoms with Gasteiger partial charge in [-0.2, -0.15) is 0 Å². The molecule has 1 aromatic heterocycles. The van der Waals surface area contributed by atoms with E-state index in [-0.39, 0.29) is 5.91 Å². The van der Waals surface area contributed by atoms with Gasteiger partial charge in [0, 0.05) is 31.5 Å². The molecule has 0 aliphatic carbocycles. The number of rotatable bonds is 7. The fourth-order valence-electron chi connectivity index (χ4n) is 1.90. The number of aryl methyl sites for hydroxylation is 2. The highest BCUT2D eigenvalue weighted by atomic mass is 16.4. The van der Waals surface area contributed by atoms with E-state index in [4.69, 9.17) is 4.42 Å². The van der Waals surface area contributed by atoms with Crippen LogP contribution in [-0.4, -0.2) is 48.2 Å². The van der Waals surface area contributed by atoms with Gasteiger partial charge >= 0.3 is 0 Å². The lowest BCUT2D eigenvalue weighted by atomic mass is 10.1. The zero-order valence-corrected chi connectivity index (χ0v) is 13.3. The summed E-state index contributed by atoms with van der Waals surface area (Å²) in [4.78, 5) is 13.7. The minimum atomic E-state index is -0.00284. The first-order valence-corrected chi connectivity index (χ1v) is 7.35. The van der Waals surface area contributed by atoms with Gasteiger partial charge in [0.2, 0.25) is 17.7 Å². The number of nitrogens with zero attached hydrogens (tertiary/aromatic N) is 3. The van der Waals surface area contributed by atoms with Gasteiger partial charge in [-0.05, 0) is 33.2 Å². The molecule has 2 rings (SSSR count). The van der Waals surface area contributed by atoms with E-state index in [1.54, 1.807) is 0 Å². The number of benzene rings is 1. The van der Waals surface area contributed by atoms with Crippen molar-refractivity contribution < 1.29 is 9.21 Å². The Morgan fingerprint density at radius 3 is 2.64 bits per heavy atom. The molecule has 0 unspecified atom stereocenters. The Balaban J connectivity index is 1.82. The normalized spacial score (nSPS) is 10.9. The van der Waals surface area contributed by atoms with Gasteiger partial charge in [0.1, 0.15) is 0 Å². The van der Waals surface area contributed by atoms with E-state index in [0.717, 1.165) is 12.1 Å². The second-order valence-electron chi connectivity index (χ2n) is 5.52. The SMILES string of the molecule is Cc1ccc(-c2nnc(CCC(=O)NCCN(C)C)o2)cc1. The highest BCUT2D eigenvalue weighted by molar-refractivity contribution is 5.76. The number of likely N-dealkylation sites (N-methyl/N-ethyl adjacent to an activating group) is 1. The van der Waals surface area contributed by atoms with Crippen molar-refractivity contribution in [3.63, 3.8) is 0 Å². The molecule has 1 heterocycles. The second kappa shape index (κ2) is 7.70. The molecular formula is C16H22N4O2. The van der Waals surface area contributed by atoms with Crippen LogP contribution in [0.4, 0.5) is 0 Å². The molecule has 0 radical (unpaired) electrons. The molecule has 118 valence electrons. The highest BCUT2D eigenvalue weighted by Gasteiger charge is 2.10. The van der Waals surface area contributed by atoms with Crippen LogP contribution in [0.5, 0.6) is 0 Å². The van der Waals surface area contributed by atoms with E-state index in [1.807, 2.05) is 50.2 Å². The van der Waals surface area contributed by atoms with Gasteiger partial charge < -0.3 is 14.6 Å². The van der Waals surface area contributed by atoms with Crippen molar-refractivity contribution in [3.05, 3.63) is 35.7 Å². The van der Waals surface area contributed by atoms with Crippen LogP contribution in [0.2, 0.25) is 0 Å². The molecule has 0 saturated heterocycles. The second-order valence-corrected chi connectivity index (χ2v) is 5.52. The Bertz CT molecular complexity index is 605. The van der Waals surface area contributed by atoms with Crippen LogP contribution in [0.1, 0.15) is 17.9 Å². The van der Waals surface area contributed by atoms with Gasteiger partial charge in [-0.25, -0.2) is 0 Å². The molecule has 0 aliphatic heterocycles. The van der Waals surface area contributed by atoms with Crippen molar-refractivity contribution in [1.82, 2.24) is 20.4 Å². The number of carbonyl (C=O) groups excluding carboxylic acids is 1. The zero-order valence-electron chi connectivity index (χ0n) is 13.3. The number of hydrogen-bond donors (Lipinski definition) is 1. The summed E-state index contributed by atoms with van der Waals surface area (Å²) >= 11 is 0. The smallest absolute Gasteiger partial charge is 0.247 e. The van der Waals surface area contributed by atoms with Crippen LogP contribution >= 0.6 is 0 Å². The molecule has 1 N–H and O–H groups in total. The summed E-state index contributed by atoms with van der Waals surface area (Å²) in [5, 5.41) is 10.9. The van der Waals surface area contributed by atoms with Gasteiger partial charge in [0.05, 0.1) is 0 Å². The zero-order chi connectivity index (χ0) is 15.9. The van der Waals surface area contributed by atoms with Gasteiger partial charge in [0.15, 0.2) is 0 Å². The van der Waals surface area contributed by atoms with Crippen LogP contribution in [0.25, 0.3) is 11.5 Å². The molecule has 6 heteroatoms. The largest absolute Gasteiger partial charge is 0.421 e. The highest BCUT2D eigenvalue weighted by Crippen LogP contribution is 2.18. The number of carbonyl (C=O) groups is 1. The maximum Gasteiger partial charge on any atom is 0.247 e. The molecule has 0 bridgehead atoms. The average molecular weight is 302 g/mol. The molecule has 2 aromatic rings. The van der Waals surface area contributed by atoms with Crippen molar-refractivity contribution in [2.75, 3.05) is 27.2 Å². The number of nitrogens with one attached hydrogen (secondary N) is 1.